The molecule has 0 radical (unpaired) electrons. The largest absolute Gasteiger partial charge is 0.375 e. The maximum absolute atomic E-state index is 11.4. The molecule has 1 aliphatic heterocycles. The first-order chi connectivity index (χ1) is 8.47. The molecule has 108 valence electrons. The van der Waals surface area contributed by atoms with Gasteiger partial charge in [-0.15, -0.1) is 0 Å². The summed E-state index contributed by atoms with van der Waals surface area (Å²) < 4.78 is 28.7. The molecule has 1 N–H and O–H groups in total. The first kappa shape index (κ1) is 15.9. The molecule has 1 unspecified atom stereocenters. The third-order valence-corrected chi connectivity index (χ3v) is 5.77. The molecule has 0 saturated carbocycles. The standard InChI is InChI=1S/C13H27NO3S/c1-4-13(5-2)11-12(7-9-17-13)14-8-10-18(15,16)6-3/h12,14H,4-11H2,1-3H3. The van der Waals surface area contributed by atoms with E-state index in [1.165, 1.54) is 0 Å². The molecule has 18 heavy (non-hydrogen) atoms. The normalized spacial score (nSPS) is 24.1. The van der Waals surface area contributed by atoms with E-state index >= 15 is 0 Å². The van der Waals surface area contributed by atoms with Gasteiger partial charge in [0.05, 0.1) is 11.4 Å². The van der Waals surface area contributed by atoms with Crippen molar-refractivity contribution >= 4 is 9.84 Å². The second kappa shape index (κ2) is 6.87. The molecule has 1 aliphatic rings. The molecule has 4 nitrogen and oxygen atoms in total. The smallest absolute Gasteiger partial charge is 0.151 e. The van der Waals surface area contributed by atoms with E-state index < -0.39 is 9.84 Å². The van der Waals surface area contributed by atoms with E-state index in [-0.39, 0.29) is 17.1 Å². The Bertz CT molecular complexity index is 336. The minimum absolute atomic E-state index is 0.000448. The fourth-order valence-electron chi connectivity index (χ4n) is 2.51. The minimum Gasteiger partial charge on any atom is -0.375 e. The predicted molar refractivity (Wildman–Crippen MR) is 74.6 cm³/mol. The van der Waals surface area contributed by atoms with Crippen LogP contribution in [0.5, 0.6) is 0 Å². The Morgan fingerprint density at radius 3 is 2.50 bits per heavy atom. The molecule has 0 aliphatic carbocycles. The maximum atomic E-state index is 11.4. The van der Waals surface area contributed by atoms with Gasteiger partial charge in [0.25, 0.3) is 0 Å². The van der Waals surface area contributed by atoms with Crippen molar-refractivity contribution in [3.8, 4) is 0 Å². The highest BCUT2D eigenvalue weighted by Gasteiger charge is 2.34. The summed E-state index contributed by atoms with van der Waals surface area (Å²) in [6.45, 7) is 7.36. The molecule has 0 aromatic carbocycles. The molecule has 1 fully saturated rings. The topological polar surface area (TPSA) is 55.4 Å². The molecule has 1 rings (SSSR count). The SMILES string of the molecule is CCC1(CC)CC(NCCS(=O)(=O)CC)CCO1. The van der Waals surface area contributed by atoms with E-state index in [0.29, 0.717) is 12.6 Å². The van der Waals surface area contributed by atoms with Crippen LogP contribution in [0.3, 0.4) is 0 Å². The zero-order valence-electron chi connectivity index (χ0n) is 11.9. The highest BCUT2D eigenvalue weighted by atomic mass is 32.2. The van der Waals surface area contributed by atoms with Gasteiger partial charge in [0, 0.05) is 24.9 Å². The van der Waals surface area contributed by atoms with Gasteiger partial charge in [-0.1, -0.05) is 20.8 Å². The molecule has 0 aromatic heterocycles. The molecule has 1 saturated heterocycles. The second-order valence-electron chi connectivity index (χ2n) is 5.12. The summed E-state index contributed by atoms with van der Waals surface area (Å²) in [5.41, 5.74) is -0.000448. The fraction of sp³-hybridized carbons (Fsp3) is 1.00. The summed E-state index contributed by atoms with van der Waals surface area (Å²) in [6.07, 6.45) is 4.02. The molecule has 0 aromatic rings. The summed E-state index contributed by atoms with van der Waals surface area (Å²) in [4.78, 5) is 0. The van der Waals surface area contributed by atoms with Gasteiger partial charge in [-0.2, -0.15) is 0 Å². The van der Waals surface area contributed by atoms with Gasteiger partial charge >= 0.3 is 0 Å². The van der Waals surface area contributed by atoms with Crippen molar-refractivity contribution in [2.75, 3.05) is 24.7 Å². The number of sulfone groups is 1. The lowest BCUT2D eigenvalue weighted by atomic mass is 9.86. The zero-order chi connectivity index (χ0) is 13.6. The average Bonchev–Trinajstić information content (AvgIpc) is 2.39. The Morgan fingerprint density at radius 1 is 1.28 bits per heavy atom. The van der Waals surface area contributed by atoms with Gasteiger partial charge < -0.3 is 10.1 Å². The Morgan fingerprint density at radius 2 is 1.94 bits per heavy atom. The lowest BCUT2D eigenvalue weighted by Crippen LogP contribution is -2.47. The Balaban J connectivity index is 2.39. The van der Waals surface area contributed by atoms with E-state index in [9.17, 15) is 8.42 Å². The van der Waals surface area contributed by atoms with Crippen molar-refractivity contribution in [1.29, 1.82) is 0 Å². The van der Waals surface area contributed by atoms with Crippen molar-refractivity contribution in [2.45, 2.75) is 58.1 Å². The Labute approximate surface area is 111 Å². The quantitative estimate of drug-likeness (QED) is 0.770. The maximum Gasteiger partial charge on any atom is 0.151 e. The van der Waals surface area contributed by atoms with Crippen LogP contribution in [0, 0.1) is 0 Å². The molecular weight excluding hydrogens is 250 g/mol. The van der Waals surface area contributed by atoms with Crippen LogP contribution in [0.4, 0.5) is 0 Å². The van der Waals surface area contributed by atoms with Crippen LogP contribution in [0.15, 0.2) is 0 Å². The molecule has 0 bridgehead atoms. The average molecular weight is 277 g/mol. The molecule has 5 heteroatoms. The van der Waals surface area contributed by atoms with Gasteiger partial charge in [0.2, 0.25) is 0 Å². The first-order valence-electron chi connectivity index (χ1n) is 7.04. The predicted octanol–water partition coefficient (Wildman–Crippen LogP) is 1.75. The summed E-state index contributed by atoms with van der Waals surface area (Å²) >= 11 is 0. The molecule has 1 atom stereocenters. The summed E-state index contributed by atoms with van der Waals surface area (Å²) in [7, 11) is -2.85. The van der Waals surface area contributed by atoms with E-state index in [1.807, 2.05) is 0 Å². The van der Waals surface area contributed by atoms with Crippen molar-refractivity contribution in [3.05, 3.63) is 0 Å². The number of rotatable bonds is 7. The van der Waals surface area contributed by atoms with Crippen LogP contribution in [0.25, 0.3) is 0 Å². The van der Waals surface area contributed by atoms with Crippen LogP contribution < -0.4 is 5.32 Å². The van der Waals surface area contributed by atoms with E-state index in [0.717, 1.165) is 32.3 Å². The van der Waals surface area contributed by atoms with Gasteiger partial charge in [-0.25, -0.2) is 8.42 Å². The highest BCUT2D eigenvalue weighted by molar-refractivity contribution is 7.91. The van der Waals surface area contributed by atoms with Crippen molar-refractivity contribution in [1.82, 2.24) is 5.32 Å². The van der Waals surface area contributed by atoms with Gasteiger partial charge in [0.1, 0.15) is 0 Å². The van der Waals surface area contributed by atoms with E-state index in [2.05, 4.69) is 19.2 Å². The third kappa shape index (κ3) is 4.52. The Kier molecular flexibility index (Phi) is 6.08. The zero-order valence-corrected chi connectivity index (χ0v) is 12.7. The number of ether oxygens (including phenoxy) is 1. The molecule has 0 spiro atoms. The molecular formula is C13H27NO3S. The number of hydrogen-bond donors (Lipinski definition) is 1. The van der Waals surface area contributed by atoms with Crippen molar-refractivity contribution in [3.63, 3.8) is 0 Å². The molecule has 1 heterocycles. The van der Waals surface area contributed by atoms with Crippen LogP contribution in [-0.2, 0) is 14.6 Å². The van der Waals surface area contributed by atoms with Gasteiger partial charge in [-0.05, 0) is 25.7 Å². The molecule has 0 amide bonds. The van der Waals surface area contributed by atoms with Gasteiger partial charge in [-0.3, -0.25) is 0 Å². The summed E-state index contributed by atoms with van der Waals surface area (Å²) in [5, 5.41) is 3.38. The third-order valence-electron chi connectivity index (χ3n) is 4.07. The lowest BCUT2D eigenvalue weighted by Gasteiger charge is -2.40. The number of hydrogen-bond acceptors (Lipinski definition) is 4. The van der Waals surface area contributed by atoms with Gasteiger partial charge in [0.15, 0.2) is 9.84 Å². The van der Waals surface area contributed by atoms with Crippen LogP contribution in [0.2, 0.25) is 0 Å². The van der Waals surface area contributed by atoms with E-state index in [4.69, 9.17) is 4.74 Å². The minimum atomic E-state index is -2.85. The fourth-order valence-corrected chi connectivity index (χ4v) is 3.23. The monoisotopic (exact) mass is 277 g/mol. The summed E-state index contributed by atoms with van der Waals surface area (Å²) in [6, 6.07) is 0.394. The Hall–Kier alpha value is -0.130. The van der Waals surface area contributed by atoms with Crippen LogP contribution in [-0.4, -0.2) is 44.7 Å². The first-order valence-corrected chi connectivity index (χ1v) is 8.87. The van der Waals surface area contributed by atoms with Crippen molar-refractivity contribution in [2.24, 2.45) is 0 Å². The van der Waals surface area contributed by atoms with E-state index in [1.54, 1.807) is 6.92 Å². The van der Waals surface area contributed by atoms with Crippen LogP contribution in [0.1, 0.15) is 46.5 Å². The summed E-state index contributed by atoms with van der Waals surface area (Å²) in [5.74, 6) is 0.475. The lowest BCUT2D eigenvalue weighted by molar-refractivity contribution is -0.0927. The number of nitrogens with one attached hydrogen (secondary N) is 1. The second-order valence-corrected chi connectivity index (χ2v) is 7.59. The van der Waals surface area contributed by atoms with Crippen molar-refractivity contribution < 1.29 is 13.2 Å². The highest BCUT2D eigenvalue weighted by Crippen LogP contribution is 2.31. The van der Waals surface area contributed by atoms with Crippen LogP contribution >= 0.6 is 0 Å².